The van der Waals surface area contributed by atoms with E-state index in [1.807, 2.05) is 4.98 Å². The lowest BCUT2D eigenvalue weighted by Crippen LogP contribution is -2.23. The van der Waals surface area contributed by atoms with Gasteiger partial charge in [-0.15, -0.1) is 13.2 Å². The molecular formula is C6H4F3IN2O2. The minimum Gasteiger partial charge on any atom is -0.400 e. The van der Waals surface area contributed by atoms with E-state index < -0.39 is 17.7 Å². The van der Waals surface area contributed by atoms with Crippen LogP contribution < -0.4 is 16.0 Å². The Morgan fingerprint density at radius 2 is 2.07 bits per heavy atom. The van der Waals surface area contributed by atoms with Crippen molar-refractivity contribution in [1.82, 2.24) is 4.98 Å². The molecule has 0 spiro atoms. The van der Waals surface area contributed by atoms with Gasteiger partial charge in [0.1, 0.15) is 5.82 Å². The van der Waals surface area contributed by atoms with Gasteiger partial charge in [0, 0.05) is 6.07 Å². The summed E-state index contributed by atoms with van der Waals surface area (Å²) in [5.74, 6) is -0.818. The number of nitrogens with two attached hydrogens (primary N) is 1. The van der Waals surface area contributed by atoms with Crippen molar-refractivity contribution in [3.8, 4) is 5.75 Å². The highest BCUT2D eigenvalue weighted by molar-refractivity contribution is 14.1. The van der Waals surface area contributed by atoms with E-state index >= 15 is 0 Å². The number of ether oxygens (including phenoxy) is 1. The third-order valence-corrected chi connectivity index (χ3v) is 2.11. The summed E-state index contributed by atoms with van der Waals surface area (Å²) in [7, 11) is 0. The van der Waals surface area contributed by atoms with Crippen LogP contribution in [0.5, 0.6) is 5.75 Å². The molecule has 8 heteroatoms. The van der Waals surface area contributed by atoms with Gasteiger partial charge in [-0.2, -0.15) is 0 Å². The van der Waals surface area contributed by atoms with Crippen molar-refractivity contribution in [2.45, 2.75) is 6.36 Å². The van der Waals surface area contributed by atoms with E-state index in [1.54, 1.807) is 22.6 Å². The van der Waals surface area contributed by atoms with Gasteiger partial charge in [0.25, 0.3) is 5.56 Å². The van der Waals surface area contributed by atoms with E-state index in [0.717, 1.165) is 6.07 Å². The van der Waals surface area contributed by atoms with E-state index in [2.05, 4.69) is 4.74 Å². The molecule has 0 saturated carbocycles. The Kier molecular flexibility index (Phi) is 2.92. The zero-order valence-corrected chi connectivity index (χ0v) is 8.64. The highest BCUT2D eigenvalue weighted by atomic mass is 127. The highest BCUT2D eigenvalue weighted by Crippen LogP contribution is 2.22. The number of hydrogen-bond acceptors (Lipinski definition) is 3. The second-order valence-corrected chi connectivity index (χ2v) is 3.43. The van der Waals surface area contributed by atoms with Crippen LogP contribution in [0.4, 0.5) is 19.0 Å². The fraction of sp³-hybridized carbons (Fsp3) is 0.167. The van der Waals surface area contributed by atoms with Crippen molar-refractivity contribution >= 4 is 28.4 Å². The van der Waals surface area contributed by atoms with Gasteiger partial charge in [-0.1, -0.05) is 0 Å². The molecule has 78 valence electrons. The molecule has 0 aliphatic rings. The Hall–Kier alpha value is -0.930. The molecule has 1 heterocycles. The summed E-state index contributed by atoms with van der Waals surface area (Å²) in [6.07, 6.45) is -4.88. The van der Waals surface area contributed by atoms with Crippen LogP contribution in [0.25, 0.3) is 0 Å². The van der Waals surface area contributed by atoms with Gasteiger partial charge in [-0.25, -0.2) is 0 Å². The zero-order valence-electron chi connectivity index (χ0n) is 6.48. The first-order valence-corrected chi connectivity index (χ1v) is 4.31. The molecule has 0 fully saturated rings. The third-order valence-electron chi connectivity index (χ3n) is 1.21. The molecular weight excluding hydrogens is 316 g/mol. The van der Waals surface area contributed by atoms with Crippen molar-refractivity contribution in [3.05, 3.63) is 20.0 Å². The first-order chi connectivity index (χ1) is 6.29. The van der Waals surface area contributed by atoms with Crippen LogP contribution in [0, 0.1) is 3.57 Å². The standard InChI is InChI=1S/C6H4F3IN2O2/c7-6(8,9)14-3-1-2(10)4(11)12-5(3)13/h1H,(H3,11,12,13). The lowest BCUT2D eigenvalue weighted by molar-refractivity contribution is -0.275. The number of H-pyrrole nitrogens is 1. The number of halogens is 4. The van der Waals surface area contributed by atoms with Crippen LogP contribution in [-0.2, 0) is 0 Å². The molecule has 0 radical (unpaired) electrons. The van der Waals surface area contributed by atoms with Crippen molar-refractivity contribution < 1.29 is 17.9 Å². The maximum atomic E-state index is 11.7. The first kappa shape index (κ1) is 11.1. The Morgan fingerprint density at radius 3 is 2.57 bits per heavy atom. The summed E-state index contributed by atoms with van der Waals surface area (Å²) in [4.78, 5) is 12.9. The molecule has 1 rings (SSSR count). The molecule has 0 aliphatic carbocycles. The molecule has 3 N–H and O–H groups in total. The average molecular weight is 320 g/mol. The molecule has 0 unspecified atom stereocenters. The molecule has 14 heavy (non-hydrogen) atoms. The number of hydrogen-bond donors (Lipinski definition) is 2. The molecule has 4 nitrogen and oxygen atoms in total. The van der Waals surface area contributed by atoms with Crippen molar-refractivity contribution in [1.29, 1.82) is 0 Å². The zero-order chi connectivity index (χ0) is 10.9. The van der Waals surface area contributed by atoms with Crippen molar-refractivity contribution in [2.24, 2.45) is 0 Å². The van der Waals surface area contributed by atoms with Crippen LogP contribution in [-0.4, -0.2) is 11.3 Å². The van der Waals surface area contributed by atoms with Gasteiger partial charge in [0.2, 0.25) is 0 Å². The van der Waals surface area contributed by atoms with Crippen LogP contribution in [0.1, 0.15) is 0 Å². The van der Waals surface area contributed by atoms with Crippen LogP contribution in [0.3, 0.4) is 0 Å². The Labute approximate surface area is 89.4 Å². The van der Waals surface area contributed by atoms with Crippen molar-refractivity contribution in [2.75, 3.05) is 5.73 Å². The predicted molar refractivity (Wildman–Crippen MR) is 50.9 cm³/mol. The third kappa shape index (κ3) is 2.79. The summed E-state index contributed by atoms with van der Waals surface area (Å²) in [6.45, 7) is 0. The lowest BCUT2D eigenvalue weighted by atomic mass is 10.4. The maximum absolute atomic E-state index is 11.7. The smallest absolute Gasteiger partial charge is 0.400 e. The summed E-state index contributed by atoms with van der Waals surface area (Å²) >= 11 is 1.68. The largest absolute Gasteiger partial charge is 0.573 e. The summed E-state index contributed by atoms with van der Waals surface area (Å²) in [5.41, 5.74) is 4.24. The summed E-state index contributed by atoms with van der Waals surface area (Å²) in [5, 5.41) is 0. The molecule has 0 bridgehead atoms. The Morgan fingerprint density at radius 1 is 1.50 bits per heavy atom. The number of aromatic amines is 1. The van der Waals surface area contributed by atoms with Gasteiger partial charge in [0.05, 0.1) is 3.57 Å². The minimum atomic E-state index is -4.88. The van der Waals surface area contributed by atoms with Gasteiger partial charge in [-0.05, 0) is 22.6 Å². The monoisotopic (exact) mass is 320 g/mol. The normalized spacial score (nSPS) is 11.4. The van der Waals surface area contributed by atoms with Gasteiger partial charge < -0.3 is 15.5 Å². The Bertz CT molecular complexity index is 401. The molecule has 0 atom stereocenters. The van der Waals surface area contributed by atoms with E-state index in [9.17, 15) is 18.0 Å². The second kappa shape index (κ2) is 3.67. The number of anilines is 1. The van der Waals surface area contributed by atoms with Crippen molar-refractivity contribution in [3.63, 3.8) is 0 Å². The summed E-state index contributed by atoms with van der Waals surface area (Å²) < 4.78 is 39.0. The number of aromatic nitrogens is 1. The van der Waals surface area contributed by atoms with Gasteiger partial charge >= 0.3 is 6.36 Å². The molecule has 0 amide bonds. The molecule has 0 aliphatic heterocycles. The molecule has 0 aromatic carbocycles. The number of nitrogen functional groups attached to an aromatic ring is 1. The maximum Gasteiger partial charge on any atom is 0.573 e. The average Bonchev–Trinajstić information content (AvgIpc) is 1.97. The van der Waals surface area contributed by atoms with E-state index in [-0.39, 0.29) is 9.39 Å². The second-order valence-electron chi connectivity index (χ2n) is 2.27. The molecule has 1 aromatic heterocycles. The molecule has 0 saturated heterocycles. The fourth-order valence-electron chi connectivity index (χ4n) is 0.703. The van der Waals surface area contributed by atoms with Gasteiger partial charge in [0.15, 0.2) is 5.75 Å². The van der Waals surface area contributed by atoms with E-state index in [0.29, 0.717) is 0 Å². The van der Waals surface area contributed by atoms with E-state index in [4.69, 9.17) is 5.73 Å². The topological polar surface area (TPSA) is 68.1 Å². The first-order valence-electron chi connectivity index (χ1n) is 3.23. The number of rotatable bonds is 1. The Balaban J connectivity index is 3.11. The number of alkyl halides is 3. The SMILES string of the molecule is Nc1[nH]c(=O)c(OC(F)(F)F)cc1I. The molecule has 1 aromatic rings. The predicted octanol–water partition coefficient (Wildman–Crippen LogP) is 1.46. The fourth-order valence-corrected chi connectivity index (χ4v) is 1.12. The van der Waals surface area contributed by atoms with E-state index in [1.165, 1.54) is 0 Å². The number of nitrogens with one attached hydrogen (secondary N) is 1. The minimum absolute atomic E-state index is 0.00474. The quantitative estimate of drug-likeness (QED) is 0.770. The van der Waals surface area contributed by atoms with Crippen LogP contribution in [0.2, 0.25) is 0 Å². The van der Waals surface area contributed by atoms with Crippen LogP contribution >= 0.6 is 22.6 Å². The van der Waals surface area contributed by atoms with Gasteiger partial charge in [-0.3, -0.25) is 4.79 Å². The van der Waals surface area contributed by atoms with Crippen LogP contribution in [0.15, 0.2) is 10.9 Å². The highest BCUT2D eigenvalue weighted by Gasteiger charge is 2.32. The summed E-state index contributed by atoms with van der Waals surface area (Å²) in [6, 6.07) is 0.919. The number of pyridine rings is 1. The lowest BCUT2D eigenvalue weighted by Gasteiger charge is -2.08.